The number of carbonyl (C=O) groups is 1. The summed E-state index contributed by atoms with van der Waals surface area (Å²) in [5, 5.41) is 4.18. The van der Waals surface area contributed by atoms with Crippen LogP contribution in [0, 0.1) is 17.3 Å². The molecule has 0 aromatic rings. The summed E-state index contributed by atoms with van der Waals surface area (Å²) in [5.41, 5.74) is 0.400. The molecule has 19 heavy (non-hydrogen) atoms. The predicted octanol–water partition coefficient (Wildman–Crippen LogP) is 4.52. The quantitative estimate of drug-likeness (QED) is 0.562. The molecule has 1 aliphatic rings. The van der Waals surface area contributed by atoms with Gasteiger partial charge in [-0.25, -0.2) is 0 Å². The van der Waals surface area contributed by atoms with Crippen LogP contribution in [0.15, 0.2) is 0 Å². The van der Waals surface area contributed by atoms with Crippen molar-refractivity contribution in [3.05, 3.63) is 0 Å². The minimum absolute atomic E-state index is 0.273. The summed E-state index contributed by atoms with van der Waals surface area (Å²) in [5.74, 6) is 1.36. The molecular formula is C16H30BrNO. The van der Waals surface area contributed by atoms with Gasteiger partial charge in [0.1, 0.15) is 0 Å². The molecule has 0 radical (unpaired) electrons. The summed E-state index contributed by atoms with van der Waals surface area (Å²) in [7, 11) is 0. The van der Waals surface area contributed by atoms with Gasteiger partial charge in [-0.1, -0.05) is 43.1 Å². The first-order valence-electron chi connectivity index (χ1n) is 7.79. The van der Waals surface area contributed by atoms with E-state index in [1.165, 1.54) is 25.7 Å². The lowest BCUT2D eigenvalue weighted by atomic mass is 9.69. The first-order valence-corrected chi connectivity index (χ1v) is 8.91. The lowest BCUT2D eigenvalue weighted by Gasteiger charge is -2.36. The molecule has 1 amide bonds. The average Bonchev–Trinajstić information content (AvgIpc) is 2.37. The summed E-state index contributed by atoms with van der Waals surface area (Å²) < 4.78 is 0. The SMILES string of the molecule is CC(C)(C)C1CCC(C(=O)NCCCCCBr)CC1. The van der Waals surface area contributed by atoms with Crippen LogP contribution in [0.1, 0.15) is 65.7 Å². The largest absolute Gasteiger partial charge is 0.356 e. The fraction of sp³-hybridized carbons (Fsp3) is 0.938. The van der Waals surface area contributed by atoms with Crippen molar-refractivity contribution in [2.24, 2.45) is 17.3 Å². The molecule has 0 bridgehead atoms. The van der Waals surface area contributed by atoms with E-state index in [1.54, 1.807) is 0 Å². The van der Waals surface area contributed by atoms with Gasteiger partial charge in [-0.2, -0.15) is 0 Å². The van der Waals surface area contributed by atoms with Gasteiger partial charge in [-0.05, 0) is 49.9 Å². The van der Waals surface area contributed by atoms with E-state index in [9.17, 15) is 4.79 Å². The third-order valence-electron chi connectivity index (χ3n) is 4.43. The number of hydrogen-bond donors (Lipinski definition) is 1. The predicted molar refractivity (Wildman–Crippen MR) is 85.6 cm³/mol. The van der Waals surface area contributed by atoms with Gasteiger partial charge in [0.05, 0.1) is 0 Å². The van der Waals surface area contributed by atoms with Crippen LogP contribution in [0.5, 0.6) is 0 Å². The molecule has 1 fully saturated rings. The second-order valence-electron chi connectivity index (χ2n) is 6.96. The molecule has 1 N–H and O–H groups in total. The summed E-state index contributed by atoms with van der Waals surface area (Å²) in [6, 6.07) is 0. The van der Waals surface area contributed by atoms with Gasteiger partial charge in [0.25, 0.3) is 0 Å². The Morgan fingerprint density at radius 2 is 1.74 bits per heavy atom. The molecule has 0 aliphatic heterocycles. The highest BCUT2D eigenvalue weighted by molar-refractivity contribution is 9.09. The second-order valence-corrected chi connectivity index (χ2v) is 7.75. The van der Waals surface area contributed by atoms with Crippen LogP contribution in [0.2, 0.25) is 0 Å². The Hall–Kier alpha value is -0.0500. The van der Waals surface area contributed by atoms with Crippen LogP contribution in [0.25, 0.3) is 0 Å². The van der Waals surface area contributed by atoms with Crippen molar-refractivity contribution < 1.29 is 4.79 Å². The van der Waals surface area contributed by atoms with E-state index in [0.717, 1.165) is 37.1 Å². The van der Waals surface area contributed by atoms with Gasteiger partial charge < -0.3 is 5.32 Å². The van der Waals surface area contributed by atoms with Crippen molar-refractivity contribution in [3.8, 4) is 0 Å². The van der Waals surface area contributed by atoms with Crippen LogP contribution in [0.3, 0.4) is 0 Å². The third kappa shape index (κ3) is 6.29. The lowest BCUT2D eigenvalue weighted by Crippen LogP contribution is -2.35. The van der Waals surface area contributed by atoms with Crippen LogP contribution in [0.4, 0.5) is 0 Å². The zero-order valence-electron chi connectivity index (χ0n) is 12.8. The van der Waals surface area contributed by atoms with E-state index >= 15 is 0 Å². The van der Waals surface area contributed by atoms with Gasteiger partial charge >= 0.3 is 0 Å². The maximum absolute atomic E-state index is 12.1. The van der Waals surface area contributed by atoms with Crippen molar-refractivity contribution >= 4 is 21.8 Å². The number of rotatable bonds is 6. The normalized spacial score (nSPS) is 24.2. The molecule has 112 valence electrons. The molecule has 2 nitrogen and oxygen atoms in total. The Kier molecular flexibility index (Phi) is 7.41. The van der Waals surface area contributed by atoms with E-state index in [-0.39, 0.29) is 5.92 Å². The van der Waals surface area contributed by atoms with Gasteiger partial charge in [-0.15, -0.1) is 0 Å². The first-order chi connectivity index (χ1) is 8.95. The summed E-state index contributed by atoms with van der Waals surface area (Å²) in [6.45, 7) is 7.82. The molecule has 1 saturated carbocycles. The second kappa shape index (κ2) is 8.28. The molecule has 1 rings (SSSR count). The standard InChI is InChI=1S/C16H30BrNO/c1-16(2,3)14-9-7-13(8-10-14)15(19)18-12-6-4-5-11-17/h13-14H,4-12H2,1-3H3,(H,18,19). The summed E-state index contributed by atoms with van der Waals surface area (Å²) in [6.07, 6.45) is 8.09. The van der Waals surface area contributed by atoms with Crippen molar-refractivity contribution in [2.45, 2.75) is 65.7 Å². The number of nitrogens with one attached hydrogen (secondary N) is 1. The molecule has 0 atom stereocenters. The molecule has 0 aromatic carbocycles. The first kappa shape index (κ1) is 17.0. The molecule has 0 spiro atoms. The van der Waals surface area contributed by atoms with E-state index < -0.39 is 0 Å². The molecule has 1 aliphatic carbocycles. The fourth-order valence-electron chi connectivity index (χ4n) is 2.97. The van der Waals surface area contributed by atoms with E-state index in [4.69, 9.17) is 0 Å². The number of amides is 1. The smallest absolute Gasteiger partial charge is 0.223 e. The molecule has 0 aromatic heterocycles. The van der Waals surface area contributed by atoms with Crippen molar-refractivity contribution in [1.82, 2.24) is 5.32 Å². The van der Waals surface area contributed by atoms with Crippen LogP contribution >= 0.6 is 15.9 Å². The number of carbonyl (C=O) groups excluding carboxylic acids is 1. The number of alkyl halides is 1. The van der Waals surface area contributed by atoms with Gasteiger partial charge in [0.15, 0.2) is 0 Å². The number of halogens is 1. The Morgan fingerprint density at radius 1 is 1.11 bits per heavy atom. The maximum Gasteiger partial charge on any atom is 0.223 e. The third-order valence-corrected chi connectivity index (χ3v) is 4.99. The average molecular weight is 332 g/mol. The highest BCUT2D eigenvalue weighted by Crippen LogP contribution is 2.39. The Bertz CT molecular complexity index is 264. The summed E-state index contributed by atoms with van der Waals surface area (Å²) >= 11 is 3.43. The number of hydrogen-bond acceptors (Lipinski definition) is 1. The van der Waals surface area contributed by atoms with Gasteiger partial charge in [0, 0.05) is 17.8 Å². The highest BCUT2D eigenvalue weighted by atomic mass is 79.9. The topological polar surface area (TPSA) is 29.1 Å². The molecule has 0 saturated heterocycles. The van der Waals surface area contributed by atoms with Gasteiger partial charge in [0.2, 0.25) is 5.91 Å². The molecule has 0 heterocycles. The van der Waals surface area contributed by atoms with E-state index in [1.807, 2.05) is 0 Å². The molecule has 3 heteroatoms. The minimum Gasteiger partial charge on any atom is -0.356 e. The fourth-order valence-corrected chi connectivity index (χ4v) is 3.37. The van der Waals surface area contributed by atoms with Crippen LogP contribution in [-0.2, 0) is 4.79 Å². The molecule has 0 unspecified atom stereocenters. The monoisotopic (exact) mass is 331 g/mol. The van der Waals surface area contributed by atoms with Gasteiger partial charge in [-0.3, -0.25) is 4.79 Å². The number of unbranched alkanes of at least 4 members (excludes halogenated alkanes) is 2. The van der Waals surface area contributed by atoms with Crippen molar-refractivity contribution in [2.75, 3.05) is 11.9 Å². The van der Waals surface area contributed by atoms with E-state index in [2.05, 4.69) is 42.0 Å². The Labute approximate surface area is 127 Å². The van der Waals surface area contributed by atoms with Crippen molar-refractivity contribution in [3.63, 3.8) is 0 Å². The van der Waals surface area contributed by atoms with Crippen molar-refractivity contribution in [1.29, 1.82) is 0 Å². The van der Waals surface area contributed by atoms with Crippen LogP contribution in [-0.4, -0.2) is 17.8 Å². The highest BCUT2D eigenvalue weighted by Gasteiger charge is 2.32. The summed E-state index contributed by atoms with van der Waals surface area (Å²) in [4.78, 5) is 12.1. The Balaban J connectivity index is 2.18. The van der Waals surface area contributed by atoms with E-state index in [0.29, 0.717) is 11.3 Å². The Morgan fingerprint density at radius 3 is 2.26 bits per heavy atom. The zero-order valence-corrected chi connectivity index (χ0v) is 14.4. The maximum atomic E-state index is 12.1. The molecular weight excluding hydrogens is 302 g/mol. The zero-order chi connectivity index (χ0) is 14.3. The van der Waals surface area contributed by atoms with Crippen LogP contribution < -0.4 is 5.32 Å². The lowest BCUT2D eigenvalue weighted by molar-refractivity contribution is -0.126. The minimum atomic E-state index is 0.273.